The summed E-state index contributed by atoms with van der Waals surface area (Å²) in [5.41, 5.74) is 7.27. The van der Waals surface area contributed by atoms with Crippen molar-refractivity contribution in [1.29, 1.82) is 0 Å². The lowest BCUT2D eigenvalue weighted by molar-refractivity contribution is -0.137. The molecule has 0 bridgehead atoms. The molecule has 0 fully saturated rings. The standard InChI is InChI=1S/C10H10BrN3O2/c11-10-6-3-1-2-5(9(6)13-14-10)7(12)4-8(15)16/h1-3,7H,4,12H2,(H,13,14)(H,15,16). The first-order chi connectivity index (χ1) is 7.59. The van der Waals surface area contributed by atoms with Gasteiger partial charge in [0.2, 0.25) is 0 Å². The van der Waals surface area contributed by atoms with E-state index in [1.54, 1.807) is 6.07 Å². The van der Waals surface area contributed by atoms with Gasteiger partial charge in [0.25, 0.3) is 0 Å². The van der Waals surface area contributed by atoms with Gasteiger partial charge in [0, 0.05) is 11.4 Å². The third kappa shape index (κ3) is 1.94. The number of H-pyrrole nitrogens is 1. The van der Waals surface area contributed by atoms with Crippen LogP contribution in [0.3, 0.4) is 0 Å². The smallest absolute Gasteiger partial charge is 0.305 e. The third-order valence-electron chi connectivity index (χ3n) is 2.36. The average Bonchev–Trinajstić information content (AvgIpc) is 2.59. The van der Waals surface area contributed by atoms with Gasteiger partial charge in [-0.15, -0.1) is 0 Å². The Morgan fingerprint density at radius 1 is 1.62 bits per heavy atom. The normalized spacial score (nSPS) is 12.9. The van der Waals surface area contributed by atoms with Gasteiger partial charge in [-0.1, -0.05) is 18.2 Å². The van der Waals surface area contributed by atoms with Gasteiger partial charge in [0.05, 0.1) is 11.9 Å². The number of nitrogens with one attached hydrogen (secondary N) is 1. The van der Waals surface area contributed by atoms with Gasteiger partial charge in [-0.2, -0.15) is 5.10 Å². The zero-order chi connectivity index (χ0) is 11.7. The van der Waals surface area contributed by atoms with E-state index in [-0.39, 0.29) is 6.42 Å². The number of aliphatic carboxylic acids is 1. The van der Waals surface area contributed by atoms with Crippen LogP contribution in [0.1, 0.15) is 18.0 Å². The van der Waals surface area contributed by atoms with Crippen molar-refractivity contribution >= 4 is 32.8 Å². The van der Waals surface area contributed by atoms with Crippen LogP contribution in [0.2, 0.25) is 0 Å². The molecule has 0 radical (unpaired) electrons. The van der Waals surface area contributed by atoms with E-state index in [9.17, 15) is 4.79 Å². The van der Waals surface area contributed by atoms with Crippen LogP contribution < -0.4 is 5.73 Å². The highest BCUT2D eigenvalue weighted by Crippen LogP contribution is 2.27. The molecular weight excluding hydrogens is 274 g/mol. The van der Waals surface area contributed by atoms with Crippen molar-refractivity contribution < 1.29 is 9.90 Å². The van der Waals surface area contributed by atoms with Gasteiger partial charge in [-0.05, 0) is 21.5 Å². The molecule has 16 heavy (non-hydrogen) atoms. The Balaban J connectivity index is 2.48. The number of benzene rings is 1. The predicted molar refractivity (Wildman–Crippen MR) is 63.0 cm³/mol. The summed E-state index contributed by atoms with van der Waals surface area (Å²) in [6.45, 7) is 0. The fourth-order valence-electron chi connectivity index (χ4n) is 1.63. The minimum absolute atomic E-state index is 0.108. The van der Waals surface area contributed by atoms with E-state index in [1.807, 2.05) is 12.1 Å². The molecule has 5 nitrogen and oxygen atoms in total. The highest BCUT2D eigenvalue weighted by Gasteiger charge is 2.15. The number of para-hydroxylation sites is 1. The third-order valence-corrected chi connectivity index (χ3v) is 2.97. The molecule has 1 unspecified atom stereocenters. The maximum atomic E-state index is 10.6. The quantitative estimate of drug-likeness (QED) is 0.801. The molecule has 0 aliphatic rings. The summed E-state index contributed by atoms with van der Waals surface area (Å²) < 4.78 is 0.770. The lowest BCUT2D eigenvalue weighted by Gasteiger charge is -2.09. The molecule has 0 saturated carbocycles. The van der Waals surface area contributed by atoms with E-state index in [1.165, 1.54) is 0 Å². The molecule has 2 aromatic rings. The van der Waals surface area contributed by atoms with Crippen LogP contribution in [0.5, 0.6) is 0 Å². The molecule has 84 valence electrons. The van der Waals surface area contributed by atoms with Crippen LogP contribution in [0.25, 0.3) is 10.9 Å². The SMILES string of the molecule is NC(CC(=O)O)c1cccc2c(Br)[nH]nc12. The van der Waals surface area contributed by atoms with Crippen LogP contribution >= 0.6 is 15.9 Å². The molecule has 1 aromatic carbocycles. The topological polar surface area (TPSA) is 92.0 Å². The molecule has 6 heteroatoms. The van der Waals surface area contributed by atoms with E-state index >= 15 is 0 Å². The number of fused-ring (bicyclic) bond motifs is 1. The lowest BCUT2D eigenvalue weighted by atomic mass is 10.0. The first-order valence-corrected chi connectivity index (χ1v) is 5.48. The molecule has 1 heterocycles. The Morgan fingerprint density at radius 2 is 2.38 bits per heavy atom. The van der Waals surface area contributed by atoms with Gasteiger partial charge in [-0.25, -0.2) is 0 Å². The maximum absolute atomic E-state index is 10.6. The first kappa shape index (κ1) is 11.1. The van der Waals surface area contributed by atoms with Gasteiger partial charge >= 0.3 is 5.97 Å². The molecule has 0 spiro atoms. The number of rotatable bonds is 3. The minimum Gasteiger partial charge on any atom is -0.481 e. The Morgan fingerprint density at radius 3 is 3.06 bits per heavy atom. The Hall–Kier alpha value is -1.40. The number of aromatic nitrogens is 2. The van der Waals surface area contributed by atoms with E-state index in [0.717, 1.165) is 15.6 Å². The molecule has 4 N–H and O–H groups in total. The summed E-state index contributed by atoms with van der Waals surface area (Å²) in [7, 11) is 0. The zero-order valence-corrected chi connectivity index (χ0v) is 9.86. The molecule has 2 rings (SSSR count). The highest BCUT2D eigenvalue weighted by molar-refractivity contribution is 9.10. The predicted octanol–water partition coefficient (Wildman–Crippen LogP) is 1.80. The number of aromatic amines is 1. The van der Waals surface area contributed by atoms with Gasteiger partial charge < -0.3 is 10.8 Å². The number of halogens is 1. The van der Waals surface area contributed by atoms with E-state index in [0.29, 0.717) is 5.52 Å². The molecule has 0 saturated heterocycles. The fraction of sp³-hybridized carbons (Fsp3) is 0.200. The van der Waals surface area contributed by atoms with Crippen LogP contribution in [0.15, 0.2) is 22.8 Å². The summed E-state index contributed by atoms with van der Waals surface area (Å²) in [6, 6.07) is 4.97. The van der Waals surface area contributed by atoms with E-state index in [4.69, 9.17) is 10.8 Å². The molecule has 0 aliphatic heterocycles. The fourth-order valence-corrected chi connectivity index (χ4v) is 2.03. The minimum atomic E-state index is -0.917. The van der Waals surface area contributed by atoms with Gasteiger partial charge in [0.1, 0.15) is 4.60 Å². The highest BCUT2D eigenvalue weighted by atomic mass is 79.9. The number of nitrogens with zero attached hydrogens (tertiary/aromatic N) is 1. The Kier molecular flexibility index (Phi) is 2.93. The van der Waals surface area contributed by atoms with Crippen LogP contribution in [0, 0.1) is 0 Å². The van der Waals surface area contributed by atoms with Crippen molar-refractivity contribution in [2.75, 3.05) is 0 Å². The van der Waals surface area contributed by atoms with Crippen molar-refractivity contribution in [3.63, 3.8) is 0 Å². The number of carboxylic acid groups (broad SMARTS) is 1. The summed E-state index contributed by atoms with van der Waals surface area (Å²) >= 11 is 3.33. The second-order valence-electron chi connectivity index (χ2n) is 3.49. The van der Waals surface area contributed by atoms with Gasteiger partial charge in [0.15, 0.2) is 0 Å². The van der Waals surface area contributed by atoms with Crippen LogP contribution in [-0.4, -0.2) is 21.3 Å². The second-order valence-corrected chi connectivity index (χ2v) is 4.28. The number of hydrogen-bond donors (Lipinski definition) is 3. The molecule has 1 atom stereocenters. The lowest BCUT2D eigenvalue weighted by Crippen LogP contribution is -2.15. The second kappa shape index (κ2) is 4.23. The summed E-state index contributed by atoms with van der Waals surface area (Å²) in [4.78, 5) is 10.6. The summed E-state index contributed by atoms with van der Waals surface area (Å²) in [5, 5.41) is 16.5. The molecule has 0 aliphatic carbocycles. The van der Waals surface area contributed by atoms with E-state index in [2.05, 4.69) is 26.1 Å². The van der Waals surface area contributed by atoms with Crippen molar-refractivity contribution in [3.05, 3.63) is 28.4 Å². The largest absolute Gasteiger partial charge is 0.481 e. The monoisotopic (exact) mass is 283 g/mol. The molecule has 1 aromatic heterocycles. The van der Waals surface area contributed by atoms with Gasteiger partial charge in [-0.3, -0.25) is 9.89 Å². The maximum Gasteiger partial charge on any atom is 0.305 e. The van der Waals surface area contributed by atoms with E-state index < -0.39 is 12.0 Å². The first-order valence-electron chi connectivity index (χ1n) is 4.69. The molecular formula is C10H10BrN3O2. The van der Waals surface area contributed by atoms with Crippen LogP contribution in [0.4, 0.5) is 0 Å². The van der Waals surface area contributed by atoms with Crippen LogP contribution in [-0.2, 0) is 4.79 Å². The van der Waals surface area contributed by atoms with Crippen molar-refractivity contribution in [2.24, 2.45) is 5.73 Å². The Labute approximate surface area is 99.8 Å². The van der Waals surface area contributed by atoms with Crippen molar-refractivity contribution in [1.82, 2.24) is 10.2 Å². The number of nitrogens with two attached hydrogens (primary N) is 1. The number of carbonyl (C=O) groups is 1. The zero-order valence-electron chi connectivity index (χ0n) is 8.27. The number of hydrogen-bond acceptors (Lipinski definition) is 3. The number of carboxylic acids is 1. The molecule has 0 amide bonds. The summed E-state index contributed by atoms with van der Waals surface area (Å²) in [5.74, 6) is -0.917. The summed E-state index contributed by atoms with van der Waals surface area (Å²) in [6.07, 6.45) is -0.108. The van der Waals surface area contributed by atoms with Crippen molar-refractivity contribution in [3.8, 4) is 0 Å². The Bertz CT molecular complexity index is 538. The average molecular weight is 284 g/mol. The van der Waals surface area contributed by atoms with Crippen molar-refractivity contribution in [2.45, 2.75) is 12.5 Å².